The molecule has 1 aromatic rings. The van der Waals surface area contributed by atoms with Crippen LogP contribution in [0.5, 0.6) is 0 Å². The van der Waals surface area contributed by atoms with E-state index in [-0.39, 0.29) is 5.91 Å². The Balaban J connectivity index is 2.91. The van der Waals surface area contributed by atoms with Crippen LogP contribution in [0.3, 0.4) is 0 Å². The van der Waals surface area contributed by atoms with Crippen LogP contribution in [0.15, 0.2) is 47.3 Å². The number of hydrogen-bond acceptors (Lipinski definition) is 3. The highest BCUT2D eigenvalue weighted by molar-refractivity contribution is 5.98. The van der Waals surface area contributed by atoms with E-state index in [1.807, 2.05) is 0 Å². The number of nitrogens with one attached hydrogen (secondary N) is 1. The van der Waals surface area contributed by atoms with Crippen molar-refractivity contribution in [2.45, 2.75) is 0 Å². The highest BCUT2D eigenvalue weighted by atomic mass is 16.5. The zero-order valence-corrected chi connectivity index (χ0v) is 8.05. The van der Waals surface area contributed by atoms with Crippen LogP contribution < -0.4 is 5.32 Å². The van der Waals surface area contributed by atoms with Crippen LogP contribution in [0.4, 0.5) is 5.69 Å². The molecule has 5 nitrogen and oxygen atoms in total. The Labute approximate surface area is 87.1 Å². The third-order valence-electron chi connectivity index (χ3n) is 1.71. The standard InChI is InChI=1S/C10H11N3O2/c1-2-7-11-10(14)8-5-3-4-6-9(8)12-13-15/h2-6H,1,7H2,(H,11,14)(H,12,15). The Morgan fingerprint density at radius 3 is 2.93 bits per heavy atom. The number of carbonyl (C=O) groups is 1. The Morgan fingerprint density at radius 2 is 2.27 bits per heavy atom. The molecule has 0 spiro atoms. The smallest absolute Gasteiger partial charge is 0.253 e. The molecule has 15 heavy (non-hydrogen) atoms. The van der Waals surface area contributed by atoms with Gasteiger partial charge in [0.2, 0.25) is 0 Å². The molecular weight excluding hydrogens is 194 g/mol. The normalized spacial score (nSPS) is 10.1. The quantitative estimate of drug-likeness (QED) is 0.448. The largest absolute Gasteiger partial charge is 0.394 e. The molecule has 0 saturated carbocycles. The molecule has 0 aliphatic rings. The van der Waals surface area contributed by atoms with Gasteiger partial charge in [-0.05, 0) is 12.1 Å². The van der Waals surface area contributed by atoms with Gasteiger partial charge in [0.25, 0.3) is 5.91 Å². The molecule has 0 unspecified atom stereocenters. The molecule has 0 fully saturated rings. The van der Waals surface area contributed by atoms with Gasteiger partial charge in [0.15, 0.2) is 0 Å². The van der Waals surface area contributed by atoms with E-state index in [4.69, 9.17) is 5.21 Å². The van der Waals surface area contributed by atoms with Gasteiger partial charge in [0.05, 0.1) is 5.56 Å². The molecule has 1 aromatic carbocycles. The maximum Gasteiger partial charge on any atom is 0.253 e. The summed E-state index contributed by atoms with van der Waals surface area (Å²) in [5, 5.41) is 17.0. The van der Waals surface area contributed by atoms with E-state index in [0.717, 1.165) is 0 Å². The minimum absolute atomic E-state index is 0.280. The van der Waals surface area contributed by atoms with E-state index in [1.54, 1.807) is 30.3 Å². The molecule has 78 valence electrons. The second-order valence-corrected chi connectivity index (χ2v) is 2.71. The fraction of sp³-hybridized carbons (Fsp3) is 0.100. The SMILES string of the molecule is C=CCNC(=O)c1ccccc1N=NO. The van der Waals surface area contributed by atoms with E-state index in [2.05, 4.69) is 22.3 Å². The number of hydrogen-bond donors (Lipinski definition) is 2. The van der Waals surface area contributed by atoms with Crippen molar-refractivity contribution in [2.75, 3.05) is 6.54 Å². The first-order valence-corrected chi connectivity index (χ1v) is 4.33. The molecule has 1 amide bonds. The fourth-order valence-corrected chi connectivity index (χ4v) is 1.06. The van der Waals surface area contributed by atoms with Crippen LogP contribution in [0, 0.1) is 0 Å². The van der Waals surface area contributed by atoms with Crippen molar-refractivity contribution in [3.8, 4) is 0 Å². The van der Waals surface area contributed by atoms with E-state index in [9.17, 15) is 4.79 Å². The summed E-state index contributed by atoms with van der Waals surface area (Å²) in [4.78, 5) is 11.6. The average Bonchev–Trinajstić information content (AvgIpc) is 2.27. The summed E-state index contributed by atoms with van der Waals surface area (Å²) in [6.45, 7) is 3.87. The van der Waals surface area contributed by atoms with E-state index < -0.39 is 0 Å². The first-order valence-electron chi connectivity index (χ1n) is 4.33. The molecule has 0 heterocycles. The molecule has 0 radical (unpaired) electrons. The monoisotopic (exact) mass is 205 g/mol. The summed E-state index contributed by atoms with van der Waals surface area (Å²) < 4.78 is 0. The summed E-state index contributed by atoms with van der Waals surface area (Å²) in [7, 11) is 0. The predicted molar refractivity (Wildman–Crippen MR) is 55.3 cm³/mol. The van der Waals surface area contributed by atoms with Crippen molar-refractivity contribution in [2.24, 2.45) is 10.4 Å². The molecule has 0 bridgehead atoms. The fourth-order valence-electron chi connectivity index (χ4n) is 1.06. The molecule has 0 aromatic heterocycles. The van der Waals surface area contributed by atoms with Gasteiger partial charge in [-0.1, -0.05) is 18.2 Å². The number of rotatable bonds is 4. The van der Waals surface area contributed by atoms with E-state index >= 15 is 0 Å². The Kier molecular flexibility index (Phi) is 4.03. The van der Waals surface area contributed by atoms with E-state index in [1.165, 1.54) is 0 Å². The summed E-state index contributed by atoms with van der Waals surface area (Å²) >= 11 is 0. The lowest BCUT2D eigenvalue weighted by molar-refractivity contribution is 0.0958. The molecule has 0 atom stereocenters. The molecule has 1 rings (SSSR count). The molecular formula is C10H11N3O2. The lowest BCUT2D eigenvalue weighted by Crippen LogP contribution is -2.23. The van der Waals surface area contributed by atoms with Gasteiger partial charge < -0.3 is 10.5 Å². The van der Waals surface area contributed by atoms with Crippen molar-refractivity contribution < 1.29 is 10.0 Å². The summed E-state index contributed by atoms with van der Waals surface area (Å²) in [5.74, 6) is -0.280. The molecule has 5 heteroatoms. The van der Waals surface area contributed by atoms with Crippen molar-refractivity contribution in [1.29, 1.82) is 0 Å². The Hall–Kier alpha value is -2.17. The lowest BCUT2D eigenvalue weighted by Gasteiger charge is -2.03. The molecule has 0 saturated heterocycles. The summed E-state index contributed by atoms with van der Waals surface area (Å²) in [6, 6.07) is 6.60. The van der Waals surface area contributed by atoms with Gasteiger partial charge >= 0.3 is 0 Å². The van der Waals surface area contributed by atoms with Crippen molar-refractivity contribution in [1.82, 2.24) is 5.32 Å². The second-order valence-electron chi connectivity index (χ2n) is 2.71. The van der Waals surface area contributed by atoms with Crippen molar-refractivity contribution in [3.05, 3.63) is 42.5 Å². The molecule has 0 aliphatic carbocycles. The number of carbonyl (C=O) groups excluding carboxylic acids is 1. The minimum atomic E-state index is -0.280. The zero-order chi connectivity index (χ0) is 11.1. The lowest BCUT2D eigenvalue weighted by atomic mass is 10.1. The van der Waals surface area contributed by atoms with Gasteiger partial charge in [-0.15, -0.1) is 11.7 Å². The van der Waals surface area contributed by atoms with Crippen molar-refractivity contribution >= 4 is 11.6 Å². The zero-order valence-electron chi connectivity index (χ0n) is 8.05. The number of benzene rings is 1. The van der Waals surface area contributed by atoms with Gasteiger partial charge in [-0.2, -0.15) is 0 Å². The number of nitrogens with zero attached hydrogens (tertiary/aromatic N) is 2. The third-order valence-corrected chi connectivity index (χ3v) is 1.71. The first kappa shape index (κ1) is 10.9. The maximum absolute atomic E-state index is 11.6. The third kappa shape index (κ3) is 2.91. The average molecular weight is 205 g/mol. The van der Waals surface area contributed by atoms with Crippen LogP contribution in [0.2, 0.25) is 0 Å². The minimum Gasteiger partial charge on any atom is -0.394 e. The van der Waals surface area contributed by atoms with Crippen LogP contribution in [-0.4, -0.2) is 17.7 Å². The topological polar surface area (TPSA) is 74.0 Å². The van der Waals surface area contributed by atoms with Crippen LogP contribution in [-0.2, 0) is 0 Å². The van der Waals surface area contributed by atoms with Gasteiger partial charge in [-0.3, -0.25) is 4.79 Å². The molecule has 0 aliphatic heterocycles. The summed E-state index contributed by atoms with van der Waals surface area (Å²) in [6.07, 6.45) is 1.58. The maximum atomic E-state index is 11.6. The van der Waals surface area contributed by atoms with Gasteiger partial charge in [-0.25, -0.2) is 0 Å². The van der Waals surface area contributed by atoms with Crippen LogP contribution in [0.25, 0.3) is 0 Å². The number of amides is 1. The Morgan fingerprint density at radius 1 is 1.53 bits per heavy atom. The van der Waals surface area contributed by atoms with Crippen molar-refractivity contribution in [3.63, 3.8) is 0 Å². The highest BCUT2D eigenvalue weighted by Crippen LogP contribution is 2.18. The van der Waals surface area contributed by atoms with Crippen LogP contribution >= 0.6 is 0 Å². The second kappa shape index (κ2) is 5.54. The highest BCUT2D eigenvalue weighted by Gasteiger charge is 2.09. The molecule has 2 N–H and O–H groups in total. The summed E-state index contributed by atoms with van der Waals surface area (Å²) in [5.41, 5.74) is 0.679. The predicted octanol–water partition coefficient (Wildman–Crippen LogP) is 2.08. The van der Waals surface area contributed by atoms with Gasteiger partial charge in [0, 0.05) is 11.8 Å². The Bertz CT molecular complexity index is 388. The van der Waals surface area contributed by atoms with Crippen LogP contribution in [0.1, 0.15) is 10.4 Å². The first-order chi connectivity index (χ1) is 7.29. The van der Waals surface area contributed by atoms with E-state index in [0.29, 0.717) is 17.8 Å². The van der Waals surface area contributed by atoms with Gasteiger partial charge in [0.1, 0.15) is 5.69 Å².